The van der Waals surface area contributed by atoms with Crippen LogP contribution in [0.25, 0.3) is 0 Å². The molecule has 0 saturated heterocycles. The van der Waals surface area contributed by atoms with Gasteiger partial charge in [0, 0.05) is 13.2 Å². The second kappa shape index (κ2) is 3.17. The SMILES string of the molecule is Cc1cc(Cn2ccc(N)n2)n(C)n1. The van der Waals surface area contributed by atoms with E-state index in [4.69, 9.17) is 5.73 Å². The van der Waals surface area contributed by atoms with Gasteiger partial charge in [-0.1, -0.05) is 0 Å². The Bertz CT molecular complexity index is 440. The molecule has 0 atom stereocenters. The quantitative estimate of drug-likeness (QED) is 0.754. The van der Waals surface area contributed by atoms with Gasteiger partial charge in [-0.25, -0.2) is 0 Å². The molecule has 2 N–H and O–H groups in total. The highest BCUT2D eigenvalue weighted by Crippen LogP contribution is 2.05. The van der Waals surface area contributed by atoms with Gasteiger partial charge in [0.15, 0.2) is 0 Å². The topological polar surface area (TPSA) is 61.7 Å². The molecule has 0 aliphatic rings. The Morgan fingerprint density at radius 1 is 1.43 bits per heavy atom. The Labute approximate surface area is 82.1 Å². The van der Waals surface area contributed by atoms with E-state index in [1.165, 1.54) is 0 Å². The fraction of sp³-hybridized carbons (Fsp3) is 0.333. The highest BCUT2D eigenvalue weighted by molar-refractivity contribution is 5.24. The van der Waals surface area contributed by atoms with E-state index in [1.54, 1.807) is 10.7 Å². The smallest absolute Gasteiger partial charge is 0.145 e. The molecule has 0 unspecified atom stereocenters. The zero-order valence-corrected chi connectivity index (χ0v) is 8.31. The third kappa shape index (κ3) is 1.61. The van der Waals surface area contributed by atoms with E-state index in [9.17, 15) is 0 Å². The maximum absolute atomic E-state index is 5.52. The first-order chi connectivity index (χ1) is 6.65. The molecule has 74 valence electrons. The van der Waals surface area contributed by atoms with Crippen LogP contribution < -0.4 is 5.73 Å². The molecule has 14 heavy (non-hydrogen) atoms. The Morgan fingerprint density at radius 2 is 2.21 bits per heavy atom. The third-order valence-corrected chi connectivity index (χ3v) is 2.08. The van der Waals surface area contributed by atoms with Crippen molar-refractivity contribution in [3.63, 3.8) is 0 Å². The second-order valence-corrected chi connectivity index (χ2v) is 3.34. The van der Waals surface area contributed by atoms with Crippen molar-refractivity contribution in [2.45, 2.75) is 13.5 Å². The van der Waals surface area contributed by atoms with Crippen LogP contribution >= 0.6 is 0 Å². The molecule has 0 saturated carbocycles. The van der Waals surface area contributed by atoms with Crippen LogP contribution in [0.4, 0.5) is 5.82 Å². The number of hydrogen-bond donors (Lipinski definition) is 1. The minimum Gasteiger partial charge on any atom is -0.382 e. The number of aryl methyl sites for hydroxylation is 2. The average molecular weight is 191 g/mol. The van der Waals surface area contributed by atoms with Crippen molar-refractivity contribution in [2.24, 2.45) is 7.05 Å². The summed E-state index contributed by atoms with van der Waals surface area (Å²) in [5.41, 5.74) is 7.65. The van der Waals surface area contributed by atoms with Gasteiger partial charge in [0.2, 0.25) is 0 Å². The Morgan fingerprint density at radius 3 is 2.71 bits per heavy atom. The molecule has 0 radical (unpaired) electrons. The highest BCUT2D eigenvalue weighted by Gasteiger charge is 2.03. The van der Waals surface area contributed by atoms with E-state index >= 15 is 0 Å². The Kier molecular flexibility index (Phi) is 1.99. The molecule has 2 heterocycles. The summed E-state index contributed by atoms with van der Waals surface area (Å²) in [4.78, 5) is 0. The number of rotatable bonds is 2. The lowest BCUT2D eigenvalue weighted by Crippen LogP contribution is -2.06. The molecule has 5 nitrogen and oxygen atoms in total. The van der Waals surface area contributed by atoms with Gasteiger partial charge < -0.3 is 5.73 Å². The summed E-state index contributed by atoms with van der Waals surface area (Å²) in [7, 11) is 1.93. The van der Waals surface area contributed by atoms with Crippen LogP contribution in [0.15, 0.2) is 18.3 Å². The van der Waals surface area contributed by atoms with Crippen LogP contribution in [0, 0.1) is 6.92 Å². The highest BCUT2D eigenvalue weighted by atomic mass is 15.3. The monoisotopic (exact) mass is 191 g/mol. The molecule has 5 heteroatoms. The zero-order valence-electron chi connectivity index (χ0n) is 8.31. The molecule has 2 aromatic rings. The van der Waals surface area contributed by atoms with Crippen LogP contribution in [0.1, 0.15) is 11.4 Å². The molecular formula is C9H13N5. The minimum absolute atomic E-state index is 0.545. The fourth-order valence-corrected chi connectivity index (χ4v) is 1.44. The number of nitrogens with zero attached hydrogens (tertiary/aromatic N) is 4. The van der Waals surface area contributed by atoms with Gasteiger partial charge in [-0.15, -0.1) is 0 Å². The van der Waals surface area contributed by atoms with Crippen molar-refractivity contribution in [1.29, 1.82) is 0 Å². The normalized spacial score (nSPS) is 10.7. The predicted molar refractivity (Wildman–Crippen MR) is 53.7 cm³/mol. The molecule has 0 aliphatic heterocycles. The molecule has 2 aromatic heterocycles. The largest absolute Gasteiger partial charge is 0.382 e. The first-order valence-electron chi connectivity index (χ1n) is 4.43. The third-order valence-electron chi connectivity index (χ3n) is 2.08. The summed E-state index contributed by atoms with van der Waals surface area (Å²) < 4.78 is 3.65. The van der Waals surface area contributed by atoms with Crippen molar-refractivity contribution in [3.05, 3.63) is 29.7 Å². The van der Waals surface area contributed by atoms with Crippen molar-refractivity contribution >= 4 is 5.82 Å². The minimum atomic E-state index is 0.545. The van der Waals surface area contributed by atoms with Crippen molar-refractivity contribution < 1.29 is 0 Å². The summed E-state index contributed by atoms with van der Waals surface area (Å²) in [6, 6.07) is 3.82. The first kappa shape index (κ1) is 8.80. The molecule has 0 aromatic carbocycles. The predicted octanol–water partition coefficient (Wildman–Crippen LogP) is 0.556. The van der Waals surface area contributed by atoms with E-state index in [0.717, 1.165) is 11.4 Å². The van der Waals surface area contributed by atoms with Crippen LogP contribution in [0.5, 0.6) is 0 Å². The Balaban J connectivity index is 2.22. The summed E-state index contributed by atoms with van der Waals surface area (Å²) in [5.74, 6) is 0.545. The summed E-state index contributed by atoms with van der Waals surface area (Å²) in [6.07, 6.45) is 1.86. The van der Waals surface area contributed by atoms with Crippen LogP contribution in [0.2, 0.25) is 0 Å². The second-order valence-electron chi connectivity index (χ2n) is 3.34. The molecule has 0 spiro atoms. The maximum atomic E-state index is 5.52. The number of nitrogen functional groups attached to an aromatic ring is 1. The van der Waals surface area contributed by atoms with Gasteiger partial charge >= 0.3 is 0 Å². The van der Waals surface area contributed by atoms with Crippen molar-refractivity contribution in [2.75, 3.05) is 5.73 Å². The zero-order chi connectivity index (χ0) is 10.1. The van der Waals surface area contributed by atoms with Crippen LogP contribution in [-0.2, 0) is 13.6 Å². The molecule has 0 aliphatic carbocycles. The van der Waals surface area contributed by atoms with Gasteiger partial charge in [0.25, 0.3) is 0 Å². The lowest BCUT2D eigenvalue weighted by atomic mass is 10.4. The van der Waals surface area contributed by atoms with E-state index in [2.05, 4.69) is 10.2 Å². The van der Waals surface area contributed by atoms with Crippen LogP contribution in [-0.4, -0.2) is 19.6 Å². The van der Waals surface area contributed by atoms with E-state index in [1.807, 2.05) is 30.9 Å². The summed E-state index contributed by atoms with van der Waals surface area (Å²) >= 11 is 0. The number of aromatic nitrogens is 4. The Hall–Kier alpha value is -1.78. The fourth-order valence-electron chi connectivity index (χ4n) is 1.44. The number of hydrogen-bond acceptors (Lipinski definition) is 3. The van der Waals surface area contributed by atoms with Gasteiger partial charge in [-0.3, -0.25) is 9.36 Å². The first-order valence-corrected chi connectivity index (χ1v) is 4.43. The molecule has 0 bridgehead atoms. The molecule has 0 amide bonds. The van der Waals surface area contributed by atoms with E-state index in [-0.39, 0.29) is 0 Å². The van der Waals surface area contributed by atoms with Gasteiger partial charge in [0.1, 0.15) is 5.82 Å². The summed E-state index contributed by atoms with van der Waals surface area (Å²) in [5, 5.41) is 8.37. The van der Waals surface area contributed by atoms with E-state index < -0.39 is 0 Å². The molecular weight excluding hydrogens is 178 g/mol. The van der Waals surface area contributed by atoms with Crippen LogP contribution in [0.3, 0.4) is 0 Å². The lowest BCUT2D eigenvalue weighted by Gasteiger charge is -2.01. The van der Waals surface area contributed by atoms with Crippen molar-refractivity contribution in [3.8, 4) is 0 Å². The maximum Gasteiger partial charge on any atom is 0.145 e. The van der Waals surface area contributed by atoms with Crippen molar-refractivity contribution in [1.82, 2.24) is 19.6 Å². The van der Waals surface area contributed by atoms with Gasteiger partial charge in [-0.2, -0.15) is 10.2 Å². The van der Waals surface area contributed by atoms with Gasteiger partial charge in [0.05, 0.1) is 17.9 Å². The standard InChI is InChI=1S/C9H13N5/c1-7-5-8(13(2)11-7)6-14-4-3-9(10)12-14/h3-5H,6H2,1-2H3,(H2,10,12). The number of nitrogens with two attached hydrogens (primary N) is 1. The summed E-state index contributed by atoms with van der Waals surface area (Å²) in [6.45, 7) is 2.68. The average Bonchev–Trinajstić information content (AvgIpc) is 2.61. The molecule has 2 rings (SSSR count). The molecule has 0 fully saturated rings. The van der Waals surface area contributed by atoms with E-state index in [0.29, 0.717) is 12.4 Å². The lowest BCUT2D eigenvalue weighted by molar-refractivity contribution is 0.620. The number of anilines is 1. The van der Waals surface area contributed by atoms with Gasteiger partial charge in [-0.05, 0) is 19.1 Å².